The van der Waals surface area contributed by atoms with Gasteiger partial charge in [-0.3, -0.25) is 5.10 Å². The number of rotatable bonds is 2. The third-order valence-electron chi connectivity index (χ3n) is 2.31. The second-order valence-electron chi connectivity index (χ2n) is 3.25. The van der Waals surface area contributed by atoms with Crippen LogP contribution in [0.5, 0.6) is 0 Å². The summed E-state index contributed by atoms with van der Waals surface area (Å²) in [6, 6.07) is 4.07. The summed E-state index contributed by atoms with van der Waals surface area (Å²) < 4.78 is 10.9. The van der Waals surface area contributed by atoms with Crippen LogP contribution in [0.4, 0.5) is 0 Å². The Hall–Kier alpha value is -1.17. The van der Waals surface area contributed by atoms with Crippen molar-refractivity contribution in [3.05, 3.63) is 29.3 Å². The molecule has 78 valence electrons. The summed E-state index contributed by atoms with van der Waals surface area (Å²) >= 11 is 1.67. The minimum Gasteiger partial charge on any atom is -0.346 e. The van der Waals surface area contributed by atoms with E-state index < -0.39 is 0 Å². The molecule has 15 heavy (non-hydrogen) atoms. The summed E-state index contributed by atoms with van der Waals surface area (Å²) in [7, 11) is 0. The van der Waals surface area contributed by atoms with E-state index in [0.717, 1.165) is 16.1 Å². The van der Waals surface area contributed by atoms with Gasteiger partial charge in [-0.25, -0.2) is 0 Å². The monoisotopic (exact) mass is 222 g/mol. The Morgan fingerprint density at radius 1 is 1.40 bits per heavy atom. The topological polar surface area (TPSA) is 47.1 Å². The molecule has 0 aromatic carbocycles. The Bertz CT molecular complexity index is 432. The van der Waals surface area contributed by atoms with Crippen LogP contribution in [0.3, 0.4) is 0 Å². The minimum absolute atomic E-state index is 0.263. The Morgan fingerprint density at radius 3 is 3.00 bits per heavy atom. The average Bonchev–Trinajstić information content (AvgIpc) is 3.01. The van der Waals surface area contributed by atoms with Crippen LogP contribution in [0.25, 0.3) is 10.6 Å². The highest BCUT2D eigenvalue weighted by atomic mass is 32.1. The molecular formula is C10H10N2O2S. The van der Waals surface area contributed by atoms with Gasteiger partial charge in [0.2, 0.25) is 0 Å². The molecule has 3 heterocycles. The van der Waals surface area contributed by atoms with E-state index in [1.165, 1.54) is 0 Å². The van der Waals surface area contributed by atoms with Crippen molar-refractivity contribution in [2.75, 3.05) is 13.2 Å². The van der Waals surface area contributed by atoms with Crippen LogP contribution >= 0.6 is 11.3 Å². The number of nitrogens with one attached hydrogen (secondary N) is 1. The summed E-state index contributed by atoms with van der Waals surface area (Å²) in [6.45, 7) is 1.31. The number of hydrogen-bond donors (Lipinski definition) is 1. The van der Waals surface area contributed by atoms with Gasteiger partial charge in [-0.1, -0.05) is 6.07 Å². The average molecular weight is 222 g/mol. The van der Waals surface area contributed by atoms with E-state index in [1.807, 2.05) is 11.4 Å². The zero-order valence-electron chi connectivity index (χ0n) is 7.97. The first-order valence-corrected chi connectivity index (χ1v) is 5.63. The highest BCUT2D eigenvalue weighted by Gasteiger charge is 2.23. The Labute approximate surface area is 90.8 Å². The van der Waals surface area contributed by atoms with Crippen LogP contribution in [0.15, 0.2) is 23.7 Å². The number of hydrogen-bond acceptors (Lipinski definition) is 4. The smallest absolute Gasteiger partial charge is 0.187 e. The molecule has 0 radical (unpaired) electrons. The molecule has 1 fully saturated rings. The van der Waals surface area contributed by atoms with Crippen LogP contribution in [0.2, 0.25) is 0 Å². The van der Waals surface area contributed by atoms with E-state index in [-0.39, 0.29) is 6.29 Å². The maximum atomic E-state index is 5.46. The molecule has 5 heteroatoms. The molecule has 0 atom stereocenters. The molecule has 0 spiro atoms. The number of ether oxygens (including phenoxy) is 2. The fourth-order valence-corrected chi connectivity index (χ4v) is 2.37. The van der Waals surface area contributed by atoms with Crippen molar-refractivity contribution in [2.24, 2.45) is 0 Å². The molecule has 4 nitrogen and oxygen atoms in total. The second-order valence-corrected chi connectivity index (χ2v) is 4.20. The van der Waals surface area contributed by atoms with Crippen molar-refractivity contribution in [3.8, 4) is 10.6 Å². The molecule has 3 rings (SSSR count). The van der Waals surface area contributed by atoms with Crippen molar-refractivity contribution in [3.63, 3.8) is 0 Å². The highest BCUT2D eigenvalue weighted by Crippen LogP contribution is 2.33. The van der Waals surface area contributed by atoms with Gasteiger partial charge in [-0.05, 0) is 11.4 Å². The third kappa shape index (κ3) is 1.58. The Balaban J connectivity index is 1.98. The molecular weight excluding hydrogens is 212 g/mol. The number of thiophene rings is 1. The van der Waals surface area contributed by atoms with Gasteiger partial charge in [0.05, 0.1) is 35.5 Å². The minimum atomic E-state index is -0.263. The van der Waals surface area contributed by atoms with Crippen molar-refractivity contribution in [1.29, 1.82) is 0 Å². The molecule has 1 aliphatic heterocycles. The summed E-state index contributed by atoms with van der Waals surface area (Å²) in [5.74, 6) is 0. The predicted octanol–water partition coefficient (Wildman–Crippen LogP) is 2.18. The van der Waals surface area contributed by atoms with Gasteiger partial charge in [0, 0.05) is 0 Å². The first kappa shape index (κ1) is 9.08. The molecule has 0 aliphatic carbocycles. The summed E-state index contributed by atoms with van der Waals surface area (Å²) in [4.78, 5) is 1.15. The van der Waals surface area contributed by atoms with Gasteiger partial charge in [0.1, 0.15) is 0 Å². The Kier molecular flexibility index (Phi) is 2.28. The predicted molar refractivity (Wildman–Crippen MR) is 56.5 cm³/mol. The quantitative estimate of drug-likeness (QED) is 0.847. The first-order chi connectivity index (χ1) is 7.45. The van der Waals surface area contributed by atoms with Crippen LogP contribution in [-0.4, -0.2) is 23.4 Å². The maximum Gasteiger partial charge on any atom is 0.187 e. The van der Waals surface area contributed by atoms with Crippen LogP contribution in [0, 0.1) is 0 Å². The molecule has 0 amide bonds. The molecule has 0 bridgehead atoms. The summed E-state index contributed by atoms with van der Waals surface area (Å²) in [6.07, 6.45) is 1.51. The molecule has 1 saturated heterocycles. The molecule has 2 aromatic rings. The third-order valence-corrected chi connectivity index (χ3v) is 3.20. The molecule has 0 saturated carbocycles. The van der Waals surface area contributed by atoms with Gasteiger partial charge in [0.25, 0.3) is 0 Å². The maximum absolute atomic E-state index is 5.46. The number of nitrogens with zero attached hydrogens (tertiary/aromatic N) is 1. The lowest BCUT2D eigenvalue weighted by atomic mass is 10.2. The normalized spacial score (nSPS) is 17.3. The lowest BCUT2D eigenvalue weighted by Gasteiger charge is -2.07. The summed E-state index contributed by atoms with van der Waals surface area (Å²) in [5.41, 5.74) is 1.98. The van der Waals surface area contributed by atoms with Crippen molar-refractivity contribution in [1.82, 2.24) is 10.2 Å². The Morgan fingerprint density at radius 2 is 2.27 bits per heavy atom. The van der Waals surface area contributed by atoms with Crippen LogP contribution in [0.1, 0.15) is 11.9 Å². The zero-order chi connectivity index (χ0) is 10.1. The van der Waals surface area contributed by atoms with Gasteiger partial charge in [-0.2, -0.15) is 5.10 Å². The number of aromatic nitrogens is 2. The van der Waals surface area contributed by atoms with Gasteiger partial charge >= 0.3 is 0 Å². The van der Waals surface area contributed by atoms with Crippen molar-refractivity contribution >= 4 is 11.3 Å². The van der Waals surface area contributed by atoms with E-state index in [2.05, 4.69) is 16.3 Å². The zero-order valence-corrected chi connectivity index (χ0v) is 8.79. The van der Waals surface area contributed by atoms with Gasteiger partial charge in [0.15, 0.2) is 6.29 Å². The van der Waals surface area contributed by atoms with E-state index in [1.54, 1.807) is 17.5 Å². The van der Waals surface area contributed by atoms with E-state index >= 15 is 0 Å². The fraction of sp³-hybridized carbons (Fsp3) is 0.300. The van der Waals surface area contributed by atoms with E-state index in [0.29, 0.717) is 13.2 Å². The molecule has 2 aromatic heterocycles. The van der Waals surface area contributed by atoms with E-state index in [4.69, 9.17) is 9.47 Å². The van der Waals surface area contributed by atoms with Crippen molar-refractivity contribution in [2.45, 2.75) is 6.29 Å². The fourth-order valence-electron chi connectivity index (χ4n) is 1.63. The largest absolute Gasteiger partial charge is 0.346 e. The molecule has 1 aliphatic rings. The first-order valence-electron chi connectivity index (χ1n) is 4.75. The van der Waals surface area contributed by atoms with Gasteiger partial charge in [-0.15, -0.1) is 11.3 Å². The highest BCUT2D eigenvalue weighted by molar-refractivity contribution is 7.13. The van der Waals surface area contributed by atoms with Gasteiger partial charge < -0.3 is 9.47 Å². The van der Waals surface area contributed by atoms with Crippen LogP contribution in [-0.2, 0) is 9.47 Å². The lowest BCUT2D eigenvalue weighted by molar-refractivity contribution is -0.0436. The summed E-state index contributed by atoms with van der Waals surface area (Å²) in [5, 5.41) is 9.07. The van der Waals surface area contributed by atoms with Crippen LogP contribution < -0.4 is 0 Å². The van der Waals surface area contributed by atoms with E-state index in [9.17, 15) is 0 Å². The van der Waals surface area contributed by atoms with Crippen molar-refractivity contribution < 1.29 is 9.47 Å². The number of aromatic amines is 1. The number of H-pyrrole nitrogens is 1. The standard InChI is InChI=1S/C10H10N2O2S/c1-2-8(15-5-1)9-7(6-11-12-9)10-13-3-4-14-10/h1-2,5-6,10H,3-4H2,(H,11,12). The lowest BCUT2D eigenvalue weighted by Crippen LogP contribution is -1.97. The molecule has 1 N–H and O–H groups in total. The SMILES string of the molecule is c1csc(-c2[nH]ncc2C2OCCO2)c1. The molecule has 0 unspecified atom stereocenters. The second kappa shape index (κ2) is 3.77.